The molecule has 3 N–H and O–H groups in total. The Balaban J connectivity index is 0.000000546. The number of ether oxygens (including phenoxy) is 2. The van der Waals surface area contributed by atoms with Gasteiger partial charge in [0.25, 0.3) is 0 Å². The second kappa shape index (κ2) is 12.6. The lowest BCUT2D eigenvalue weighted by Gasteiger charge is -2.13. The summed E-state index contributed by atoms with van der Waals surface area (Å²) in [6.07, 6.45) is -2.91. The number of benzene rings is 1. The van der Waals surface area contributed by atoms with Gasteiger partial charge in [-0.3, -0.25) is 4.40 Å². The largest absolute Gasteiger partial charge is 0.495 e. The van der Waals surface area contributed by atoms with E-state index in [9.17, 15) is 17.6 Å². The van der Waals surface area contributed by atoms with Gasteiger partial charge in [0.15, 0.2) is 23.0 Å². The zero-order valence-electron chi connectivity index (χ0n) is 22.3. The molecule has 4 heterocycles. The number of hydrogen-bond donors (Lipinski definition) is 2. The first-order valence-corrected chi connectivity index (χ1v) is 12.9. The zero-order chi connectivity index (χ0) is 28.9. The second-order valence-corrected chi connectivity index (χ2v) is 9.82. The first kappa shape index (κ1) is 29.2. The molecule has 4 aromatic rings. The smallest absolute Gasteiger partial charge is 0.393 e. The van der Waals surface area contributed by atoms with Gasteiger partial charge >= 0.3 is 6.18 Å². The lowest BCUT2D eigenvalue weighted by molar-refractivity contribution is -0.127. The van der Waals surface area contributed by atoms with Crippen LogP contribution >= 0.6 is 0 Å². The highest BCUT2D eigenvalue weighted by Crippen LogP contribution is 2.27. The molecule has 0 radical (unpaired) electrons. The van der Waals surface area contributed by atoms with Crippen molar-refractivity contribution in [1.82, 2.24) is 24.9 Å². The number of nitrogens with zero attached hydrogens (tertiary/aromatic N) is 4. The SMILES string of the molecule is C=C(OCCOc1cc2nc(-c3nnc4ccc(CC(F)(F)F)cn34)ccc2cc1F)C(C)C.NC1CCNC1. The van der Waals surface area contributed by atoms with Gasteiger partial charge in [0.1, 0.15) is 18.9 Å². The molecule has 214 valence electrons. The van der Waals surface area contributed by atoms with E-state index in [1.807, 2.05) is 13.8 Å². The number of hydrogen-bond acceptors (Lipinski definition) is 7. The van der Waals surface area contributed by atoms with E-state index in [0.29, 0.717) is 34.0 Å². The van der Waals surface area contributed by atoms with Gasteiger partial charge in [-0.15, -0.1) is 10.2 Å². The molecule has 8 nitrogen and oxygen atoms in total. The van der Waals surface area contributed by atoms with Gasteiger partial charge in [0.2, 0.25) is 0 Å². The standard InChI is InChI=1S/C24H22F4N4O2.C4H10N2/c1-14(2)15(3)33-8-9-34-21-11-20-17(10-18(21)25)5-6-19(29-20)23-31-30-22-7-4-16(13-32(22)23)12-24(26,27)28;5-4-1-2-6-3-4/h4-7,10-11,13-14H,3,8-9,12H2,1-2H3;4,6H,1-3,5H2. The lowest BCUT2D eigenvalue weighted by atomic mass is 10.1. The van der Waals surface area contributed by atoms with Gasteiger partial charge in [0, 0.05) is 36.2 Å². The number of rotatable bonds is 8. The number of nitrogens with one attached hydrogen (secondary N) is 1. The quantitative estimate of drug-likeness (QED) is 0.177. The molecule has 3 aromatic heterocycles. The van der Waals surface area contributed by atoms with E-state index in [1.165, 1.54) is 34.9 Å². The molecule has 0 spiro atoms. The maximum absolute atomic E-state index is 14.5. The minimum absolute atomic E-state index is 0.00877. The van der Waals surface area contributed by atoms with E-state index in [4.69, 9.17) is 15.2 Å². The topological polar surface area (TPSA) is 99.6 Å². The first-order valence-electron chi connectivity index (χ1n) is 12.9. The summed E-state index contributed by atoms with van der Waals surface area (Å²) in [5.41, 5.74) is 6.73. The van der Waals surface area contributed by atoms with Crippen molar-refractivity contribution in [3.8, 4) is 17.3 Å². The van der Waals surface area contributed by atoms with Crippen molar-refractivity contribution in [3.05, 3.63) is 66.3 Å². The highest BCUT2D eigenvalue weighted by Gasteiger charge is 2.28. The van der Waals surface area contributed by atoms with Crippen molar-refractivity contribution in [3.63, 3.8) is 0 Å². The molecule has 40 heavy (non-hydrogen) atoms. The molecule has 1 aliphatic rings. The van der Waals surface area contributed by atoms with Crippen LogP contribution in [-0.2, 0) is 11.2 Å². The summed E-state index contributed by atoms with van der Waals surface area (Å²) in [4.78, 5) is 4.52. The number of aromatic nitrogens is 4. The van der Waals surface area contributed by atoms with Crippen molar-refractivity contribution in [2.24, 2.45) is 11.7 Å². The Bertz CT molecular complexity index is 1460. The van der Waals surface area contributed by atoms with Crippen LogP contribution in [0.4, 0.5) is 17.6 Å². The normalized spacial score (nSPS) is 15.3. The molecule has 1 aromatic carbocycles. The highest BCUT2D eigenvalue weighted by molar-refractivity contribution is 5.82. The molecule has 1 atom stereocenters. The van der Waals surface area contributed by atoms with Crippen molar-refractivity contribution in [2.75, 3.05) is 26.3 Å². The number of halogens is 4. The average molecular weight is 561 g/mol. The minimum atomic E-state index is -4.34. The van der Waals surface area contributed by atoms with Crippen LogP contribution in [0.1, 0.15) is 25.8 Å². The fourth-order valence-corrected chi connectivity index (χ4v) is 3.97. The maximum Gasteiger partial charge on any atom is 0.393 e. The fourth-order valence-electron chi connectivity index (χ4n) is 3.97. The van der Waals surface area contributed by atoms with Crippen molar-refractivity contribution in [1.29, 1.82) is 0 Å². The summed E-state index contributed by atoms with van der Waals surface area (Å²) >= 11 is 0. The van der Waals surface area contributed by atoms with Crippen LogP contribution in [0.25, 0.3) is 28.1 Å². The summed E-state index contributed by atoms with van der Waals surface area (Å²) in [5.74, 6) is 0.517. The molecule has 1 saturated heterocycles. The number of alkyl halides is 3. The summed E-state index contributed by atoms with van der Waals surface area (Å²) < 4.78 is 65.3. The third-order valence-electron chi connectivity index (χ3n) is 6.21. The molecule has 1 fully saturated rings. The van der Waals surface area contributed by atoms with E-state index in [2.05, 4.69) is 27.1 Å². The van der Waals surface area contributed by atoms with E-state index in [-0.39, 0.29) is 36.3 Å². The Morgan fingerprint density at radius 1 is 1.18 bits per heavy atom. The fraction of sp³-hybridized carbons (Fsp3) is 0.393. The monoisotopic (exact) mass is 560 g/mol. The van der Waals surface area contributed by atoms with Gasteiger partial charge in [-0.2, -0.15) is 13.2 Å². The Morgan fingerprint density at radius 2 is 1.98 bits per heavy atom. The van der Waals surface area contributed by atoms with Crippen LogP contribution in [0.5, 0.6) is 5.75 Å². The zero-order valence-corrected chi connectivity index (χ0v) is 22.3. The molecule has 12 heteroatoms. The molecule has 0 aliphatic carbocycles. The van der Waals surface area contributed by atoms with E-state index in [1.54, 1.807) is 12.1 Å². The van der Waals surface area contributed by atoms with Crippen molar-refractivity contribution < 1.29 is 27.0 Å². The summed E-state index contributed by atoms with van der Waals surface area (Å²) in [6.45, 7) is 10.2. The first-order chi connectivity index (χ1) is 19.0. The third-order valence-corrected chi connectivity index (χ3v) is 6.21. The number of nitrogens with two attached hydrogens (primary N) is 1. The predicted molar refractivity (Wildman–Crippen MR) is 144 cm³/mol. The minimum Gasteiger partial charge on any atom is -0.495 e. The van der Waals surface area contributed by atoms with Crippen LogP contribution in [-0.4, -0.2) is 58.1 Å². The van der Waals surface area contributed by atoms with E-state index < -0.39 is 18.4 Å². The summed E-state index contributed by atoms with van der Waals surface area (Å²) in [6, 6.07) is 9.30. The molecule has 1 aliphatic heterocycles. The Morgan fingerprint density at radius 3 is 2.62 bits per heavy atom. The summed E-state index contributed by atoms with van der Waals surface area (Å²) in [5, 5.41) is 11.8. The molecular weight excluding hydrogens is 528 g/mol. The Labute approximate surface area is 229 Å². The molecule has 0 bridgehead atoms. The van der Waals surface area contributed by atoms with Crippen molar-refractivity contribution >= 4 is 16.6 Å². The lowest BCUT2D eigenvalue weighted by Crippen LogP contribution is -2.21. The predicted octanol–water partition coefficient (Wildman–Crippen LogP) is 5.06. The Kier molecular flexibility index (Phi) is 9.21. The Hall–Kier alpha value is -3.77. The van der Waals surface area contributed by atoms with Gasteiger partial charge in [0.05, 0.1) is 17.7 Å². The van der Waals surface area contributed by atoms with Crippen LogP contribution in [0, 0.1) is 11.7 Å². The van der Waals surface area contributed by atoms with Crippen LogP contribution in [0.2, 0.25) is 0 Å². The van der Waals surface area contributed by atoms with Gasteiger partial charge < -0.3 is 20.5 Å². The number of allylic oxidation sites excluding steroid dienone is 1. The third kappa shape index (κ3) is 7.66. The van der Waals surface area contributed by atoms with Crippen molar-refractivity contribution in [2.45, 2.75) is 38.9 Å². The molecular formula is C28H32F4N6O2. The van der Waals surface area contributed by atoms with Gasteiger partial charge in [-0.1, -0.05) is 32.6 Å². The van der Waals surface area contributed by atoms with Crippen LogP contribution < -0.4 is 15.8 Å². The number of pyridine rings is 2. The van der Waals surface area contributed by atoms with E-state index >= 15 is 0 Å². The molecule has 5 rings (SSSR count). The molecule has 0 amide bonds. The van der Waals surface area contributed by atoms with Crippen LogP contribution in [0.3, 0.4) is 0 Å². The molecule has 1 unspecified atom stereocenters. The van der Waals surface area contributed by atoms with E-state index in [0.717, 1.165) is 19.5 Å². The second-order valence-electron chi connectivity index (χ2n) is 9.82. The van der Waals surface area contributed by atoms with Gasteiger partial charge in [-0.25, -0.2) is 9.37 Å². The van der Waals surface area contributed by atoms with Crippen LogP contribution in [0.15, 0.2) is 54.9 Å². The summed E-state index contributed by atoms with van der Waals surface area (Å²) in [7, 11) is 0. The van der Waals surface area contributed by atoms with Gasteiger partial charge in [-0.05, 0) is 36.7 Å². The molecule has 0 saturated carbocycles. The average Bonchev–Trinajstić information content (AvgIpc) is 3.54. The highest BCUT2D eigenvalue weighted by atomic mass is 19.4. The number of fused-ring (bicyclic) bond motifs is 2. The maximum atomic E-state index is 14.5.